The number of amides is 2. The summed E-state index contributed by atoms with van der Waals surface area (Å²) >= 11 is 4.62. The molecular formula is C27H26N4O3S. The van der Waals surface area contributed by atoms with Gasteiger partial charge < -0.3 is 19.9 Å². The molecule has 35 heavy (non-hydrogen) atoms. The summed E-state index contributed by atoms with van der Waals surface area (Å²) in [7, 11) is 0. The van der Waals surface area contributed by atoms with Gasteiger partial charge in [-0.05, 0) is 54.7 Å². The van der Waals surface area contributed by atoms with Gasteiger partial charge in [0.05, 0.1) is 11.1 Å². The molecule has 3 aromatic carbocycles. The number of anilines is 1. The summed E-state index contributed by atoms with van der Waals surface area (Å²) in [6, 6.07) is 18.6. The number of carbonyl (C=O) groups excluding carboxylic acids is 1. The molecule has 1 saturated heterocycles. The van der Waals surface area contributed by atoms with E-state index in [9.17, 15) is 14.7 Å². The van der Waals surface area contributed by atoms with Crippen LogP contribution >= 0.6 is 12.6 Å². The van der Waals surface area contributed by atoms with Gasteiger partial charge in [0.15, 0.2) is 0 Å². The number of carbonyl (C=O) groups is 2. The first-order valence-electron chi connectivity index (χ1n) is 11.6. The van der Waals surface area contributed by atoms with Crippen molar-refractivity contribution in [2.45, 2.75) is 31.2 Å². The summed E-state index contributed by atoms with van der Waals surface area (Å²) in [6.45, 7) is 3.88. The van der Waals surface area contributed by atoms with Crippen molar-refractivity contribution in [1.82, 2.24) is 14.5 Å². The van der Waals surface area contributed by atoms with Crippen LogP contribution in [0.3, 0.4) is 0 Å². The standard InChI is InChI=1S/C27H26N4O3S/c1-17-28-25-23(14-20(15-24(25)35)29-27(34)30-11-5-6-12-30)31(17)16-18-9-10-21(22(13-18)26(32)33)19-7-3-2-4-8-19/h2-4,7-10,13-15,35H,5-6,11-12,16H2,1H3,(H,29,34)(H,32,33). The molecule has 0 atom stereocenters. The van der Waals surface area contributed by atoms with Gasteiger partial charge in [-0.3, -0.25) is 0 Å². The third kappa shape index (κ3) is 4.61. The maximum Gasteiger partial charge on any atom is 0.336 e. The molecule has 7 nitrogen and oxygen atoms in total. The summed E-state index contributed by atoms with van der Waals surface area (Å²) < 4.78 is 2.02. The van der Waals surface area contributed by atoms with E-state index in [1.807, 2.05) is 71.0 Å². The number of likely N-dealkylation sites (tertiary alicyclic amines) is 1. The number of aromatic nitrogens is 2. The average molecular weight is 487 g/mol. The van der Waals surface area contributed by atoms with E-state index in [-0.39, 0.29) is 11.6 Å². The van der Waals surface area contributed by atoms with Crippen molar-refractivity contribution in [2.24, 2.45) is 0 Å². The number of urea groups is 1. The van der Waals surface area contributed by atoms with E-state index in [0.717, 1.165) is 53.9 Å². The number of aromatic carboxylic acids is 1. The molecule has 8 heteroatoms. The Bertz CT molecular complexity index is 1430. The largest absolute Gasteiger partial charge is 0.478 e. The third-order valence-corrected chi connectivity index (χ3v) is 6.75. The molecular weight excluding hydrogens is 460 g/mol. The second-order valence-corrected chi connectivity index (χ2v) is 9.27. The Morgan fingerprint density at radius 2 is 1.80 bits per heavy atom. The third-order valence-electron chi connectivity index (χ3n) is 6.41. The number of hydrogen-bond donors (Lipinski definition) is 3. The molecule has 0 bridgehead atoms. The Hall–Kier alpha value is -3.78. The number of thiol groups is 1. The number of carboxylic acid groups (broad SMARTS) is 1. The predicted octanol–water partition coefficient (Wildman–Crippen LogP) is 5.67. The fourth-order valence-corrected chi connectivity index (χ4v) is 4.94. The van der Waals surface area contributed by atoms with Crippen molar-refractivity contribution in [3.05, 3.63) is 77.6 Å². The molecule has 0 aliphatic carbocycles. The number of fused-ring (bicyclic) bond motifs is 1. The van der Waals surface area contributed by atoms with E-state index in [1.54, 1.807) is 6.07 Å². The number of carboxylic acids is 1. The summed E-state index contributed by atoms with van der Waals surface area (Å²) in [6.07, 6.45) is 2.05. The molecule has 1 aromatic heterocycles. The molecule has 1 aliphatic rings. The minimum Gasteiger partial charge on any atom is -0.478 e. The maximum absolute atomic E-state index is 12.6. The zero-order chi connectivity index (χ0) is 24.5. The number of imidazole rings is 1. The Balaban J connectivity index is 1.49. The van der Waals surface area contributed by atoms with Gasteiger partial charge in [-0.25, -0.2) is 14.6 Å². The summed E-state index contributed by atoms with van der Waals surface area (Å²) in [5, 5.41) is 12.9. The van der Waals surface area contributed by atoms with Crippen LogP contribution in [-0.4, -0.2) is 44.6 Å². The summed E-state index contributed by atoms with van der Waals surface area (Å²) in [5.74, 6) is -0.190. The first-order chi connectivity index (χ1) is 16.9. The molecule has 0 spiro atoms. The van der Waals surface area contributed by atoms with Gasteiger partial charge >= 0.3 is 12.0 Å². The number of aryl methyl sites for hydroxylation is 1. The highest BCUT2D eigenvalue weighted by molar-refractivity contribution is 7.80. The van der Waals surface area contributed by atoms with Crippen LogP contribution < -0.4 is 5.32 Å². The van der Waals surface area contributed by atoms with E-state index >= 15 is 0 Å². The molecule has 1 fully saturated rings. The highest BCUT2D eigenvalue weighted by Gasteiger charge is 2.20. The SMILES string of the molecule is Cc1nc2c(S)cc(NC(=O)N3CCCC3)cc2n1Cc1ccc(-c2ccccc2)c(C(=O)O)c1. The Labute approximate surface area is 208 Å². The van der Waals surface area contributed by atoms with Gasteiger partial charge in [0.1, 0.15) is 11.3 Å². The van der Waals surface area contributed by atoms with Gasteiger partial charge in [0, 0.05) is 30.2 Å². The van der Waals surface area contributed by atoms with E-state index in [4.69, 9.17) is 0 Å². The average Bonchev–Trinajstić information content (AvgIpc) is 3.49. The van der Waals surface area contributed by atoms with Crippen LogP contribution in [0.25, 0.3) is 22.2 Å². The summed E-state index contributed by atoms with van der Waals surface area (Å²) in [4.78, 5) is 31.8. The van der Waals surface area contributed by atoms with Crippen LogP contribution in [0.1, 0.15) is 34.6 Å². The molecule has 0 saturated carbocycles. The van der Waals surface area contributed by atoms with E-state index < -0.39 is 5.97 Å². The molecule has 5 rings (SSSR count). The Morgan fingerprint density at radius 3 is 2.51 bits per heavy atom. The lowest BCUT2D eigenvalue weighted by Crippen LogP contribution is -2.32. The number of rotatable bonds is 5. The van der Waals surface area contributed by atoms with E-state index in [2.05, 4.69) is 22.9 Å². The van der Waals surface area contributed by atoms with Crippen LogP contribution in [0.4, 0.5) is 10.5 Å². The fourth-order valence-electron chi connectivity index (χ4n) is 4.63. The minimum absolute atomic E-state index is 0.111. The van der Waals surface area contributed by atoms with Gasteiger partial charge in [0.25, 0.3) is 0 Å². The lowest BCUT2D eigenvalue weighted by atomic mass is 9.97. The second-order valence-electron chi connectivity index (χ2n) is 8.78. The molecule has 178 valence electrons. The van der Waals surface area contributed by atoms with Gasteiger partial charge in [0.2, 0.25) is 0 Å². The van der Waals surface area contributed by atoms with Crippen LogP contribution in [0.5, 0.6) is 0 Å². The predicted molar refractivity (Wildman–Crippen MR) is 139 cm³/mol. The van der Waals surface area contributed by atoms with Crippen LogP contribution in [-0.2, 0) is 6.54 Å². The molecule has 2 amide bonds. The number of benzene rings is 3. The lowest BCUT2D eigenvalue weighted by molar-refractivity contribution is 0.0697. The van der Waals surface area contributed by atoms with Crippen molar-refractivity contribution >= 4 is 41.3 Å². The first kappa shape index (κ1) is 23.0. The van der Waals surface area contributed by atoms with E-state index in [1.165, 1.54) is 0 Å². The smallest absolute Gasteiger partial charge is 0.336 e. The summed E-state index contributed by atoms with van der Waals surface area (Å²) in [5.41, 5.74) is 4.87. The molecule has 0 unspecified atom stereocenters. The quantitative estimate of drug-likeness (QED) is 0.317. The van der Waals surface area contributed by atoms with Crippen LogP contribution in [0.2, 0.25) is 0 Å². The number of hydrogen-bond acceptors (Lipinski definition) is 4. The molecule has 4 aromatic rings. The highest BCUT2D eigenvalue weighted by Crippen LogP contribution is 2.30. The second kappa shape index (κ2) is 9.46. The van der Waals surface area contributed by atoms with Crippen LogP contribution in [0.15, 0.2) is 65.6 Å². The Morgan fingerprint density at radius 1 is 1.06 bits per heavy atom. The monoisotopic (exact) mass is 486 g/mol. The minimum atomic E-state index is -0.970. The van der Waals surface area contributed by atoms with E-state index in [0.29, 0.717) is 22.7 Å². The van der Waals surface area contributed by atoms with Crippen molar-refractivity contribution in [3.8, 4) is 11.1 Å². The zero-order valence-electron chi connectivity index (χ0n) is 19.4. The van der Waals surface area contributed by atoms with Gasteiger partial charge in [-0.2, -0.15) is 0 Å². The van der Waals surface area contributed by atoms with Crippen molar-refractivity contribution in [1.29, 1.82) is 0 Å². The molecule has 0 radical (unpaired) electrons. The van der Waals surface area contributed by atoms with Crippen molar-refractivity contribution < 1.29 is 14.7 Å². The van der Waals surface area contributed by atoms with Gasteiger partial charge in [-0.15, -0.1) is 12.6 Å². The van der Waals surface area contributed by atoms with Crippen molar-refractivity contribution in [3.63, 3.8) is 0 Å². The molecule has 2 N–H and O–H groups in total. The molecule has 2 heterocycles. The van der Waals surface area contributed by atoms with Crippen LogP contribution in [0, 0.1) is 6.92 Å². The topological polar surface area (TPSA) is 87.5 Å². The zero-order valence-corrected chi connectivity index (χ0v) is 20.3. The first-order valence-corrected chi connectivity index (χ1v) is 12.0. The van der Waals surface area contributed by atoms with Crippen molar-refractivity contribution in [2.75, 3.05) is 18.4 Å². The normalized spacial score (nSPS) is 13.4. The Kier molecular flexibility index (Phi) is 6.21. The lowest BCUT2D eigenvalue weighted by Gasteiger charge is -2.17. The highest BCUT2D eigenvalue weighted by atomic mass is 32.1. The number of nitrogens with one attached hydrogen (secondary N) is 1. The maximum atomic E-state index is 12.6. The number of nitrogens with zero attached hydrogens (tertiary/aromatic N) is 3. The molecule has 1 aliphatic heterocycles. The van der Waals surface area contributed by atoms with Gasteiger partial charge in [-0.1, -0.05) is 42.5 Å². The fraction of sp³-hybridized carbons (Fsp3) is 0.222.